The number of carbonyl (C=O) groups excluding carboxylic acids is 1. The van der Waals surface area contributed by atoms with E-state index in [0.717, 1.165) is 16.7 Å². The molecule has 8 nitrogen and oxygen atoms in total. The van der Waals surface area contributed by atoms with Crippen LogP contribution in [0.25, 0.3) is 6.08 Å². The largest absolute Gasteiger partial charge is 0.496 e. The van der Waals surface area contributed by atoms with Crippen LogP contribution >= 0.6 is 11.3 Å². The molecular weight excluding hydrogens is 598 g/mol. The lowest BCUT2D eigenvalue weighted by Crippen LogP contribution is -2.43. The maximum absolute atomic E-state index is 14.2. The molecule has 4 aromatic rings. The zero-order valence-electron chi connectivity index (χ0n) is 27.8. The zero-order chi connectivity index (χ0) is 33.1. The van der Waals surface area contributed by atoms with Gasteiger partial charge in [0.05, 0.1) is 30.0 Å². The summed E-state index contributed by atoms with van der Waals surface area (Å²) in [6.45, 7) is 13.5. The molecule has 9 heteroatoms. The van der Waals surface area contributed by atoms with Gasteiger partial charge in [-0.05, 0) is 88.1 Å². The number of hydrogen-bond acceptors (Lipinski definition) is 7. The predicted octanol–water partition coefficient (Wildman–Crippen LogP) is 5.63. The molecule has 1 aliphatic rings. The van der Waals surface area contributed by atoms with Crippen molar-refractivity contribution in [1.29, 1.82) is 0 Å². The molecule has 0 bridgehead atoms. The lowest BCUT2D eigenvalue weighted by Gasteiger charge is -2.29. The number of methoxy groups -OCH3 is 2. The number of para-hydroxylation sites is 1. The van der Waals surface area contributed by atoms with Gasteiger partial charge in [0, 0.05) is 18.7 Å². The van der Waals surface area contributed by atoms with Crippen molar-refractivity contribution < 1.29 is 19.0 Å². The Kier molecular flexibility index (Phi) is 9.82. The van der Waals surface area contributed by atoms with Crippen LogP contribution in [0.5, 0.6) is 17.2 Å². The van der Waals surface area contributed by atoms with E-state index in [2.05, 4.69) is 32.9 Å². The van der Waals surface area contributed by atoms with E-state index in [4.69, 9.17) is 19.2 Å². The van der Waals surface area contributed by atoms with Gasteiger partial charge >= 0.3 is 0 Å². The Balaban J connectivity index is 1.57. The molecule has 0 fully saturated rings. The summed E-state index contributed by atoms with van der Waals surface area (Å²) in [4.78, 5) is 35.1. The first kappa shape index (κ1) is 32.8. The highest BCUT2D eigenvalue weighted by Gasteiger charge is 2.35. The van der Waals surface area contributed by atoms with Crippen LogP contribution in [0, 0.1) is 20.8 Å². The minimum absolute atomic E-state index is 0.146. The van der Waals surface area contributed by atoms with E-state index in [9.17, 15) is 9.59 Å². The Morgan fingerprint density at radius 1 is 0.935 bits per heavy atom. The van der Waals surface area contributed by atoms with E-state index in [-0.39, 0.29) is 11.5 Å². The molecule has 3 aromatic carbocycles. The second-order valence-electron chi connectivity index (χ2n) is 11.4. The zero-order valence-corrected chi connectivity index (χ0v) is 28.6. The van der Waals surface area contributed by atoms with Gasteiger partial charge in [-0.15, -0.1) is 0 Å². The number of benzene rings is 3. The summed E-state index contributed by atoms with van der Waals surface area (Å²) in [6, 6.07) is 16.8. The number of fused-ring (bicyclic) bond motifs is 1. The van der Waals surface area contributed by atoms with Gasteiger partial charge < -0.3 is 19.1 Å². The molecule has 0 aliphatic carbocycles. The molecule has 2 heterocycles. The fourth-order valence-corrected chi connectivity index (χ4v) is 7.14. The Morgan fingerprint density at radius 2 is 1.61 bits per heavy atom. The van der Waals surface area contributed by atoms with Crippen LogP contribution in [0.1, 0.15) is 60.2 Å². The standard InChI is InChI=1S/C37H41N3O5S/c1-9-39(10-2)36(42)33-25(6)38-37-40(34(33)27-13-11-12-14-29(27)43-7)35(41)32(46-37)20-26-15-16-30(31(19-26)44-8)45-21-28-23(4)17-22(3)18-24(28)5/h11-20,34H,9-10,21H2,1-8H3/b32-20+/t34-/m0/s1. The number of aryl methyl sites for hydroxylation is 3. The van der Waals surface area contributed by atoms with Crippen molar-refractivity contribution >= 4 is 23.3 Å². The van der Waals surface area contributed by atoms with Crippen molar-refractivity contribution in [2.45, 2.75) is 54.2 Å². The van der Waals surface area contributed by atoms with Gasteiger partial charge in [0.25, 0.3) is 11.5 Å². The summed E-state index contributed by atoms with van der Waals surface area (Å²) < 4.78 is 19.7. The van der Waals surface area contributed by atoms with Gasteiger partial charge in [-0.1, -0.05) is 53.3 Å². The van der Waals surface area contributed by atoms with Crippen molar-refractivity contribution in [2.75, 3.05) is 27.3 Å². The Labute approximate surface area is 273 Å². The number of aromatic nitrogens is 1. The minimum atomic E-state index is -0.693. The van der Waals surface area contributed by atoms with Crippen molar-refractivity contribution in [3.8, 4) is 17.2 Å². The minimum Gasteiger partial charge on any atom is -0.496 e. The maximum Gasteiger partial charge on any atom is 0.271 e. The van der Waals surface area contributed by atoms with Crippen molar-refractivity contribution in [3.05, 3.63) is 119 Å². The number of rotatable bonds is 10. The molecule has 0 radical (unpaired) electrons. The van der Waals surface area contributed by atoms with Gasteiger partial charge in [-0.3, -0.25) is 14.2 Å². The van der Waals surface area contributed by atoms with E-state index < -0.39 is 6.04 Å². The molecule has 1 aliphatic heterocycles. The first-order valence-corrected chi connectivity index (χ1v) is 16.3. The molecule has 0 saturated carbocycles. The fourth-order valence-electron chi connectivity index (χ4n) is 6.09. The molecule has 0 saturated heterocycles. The Bertz CT molecular complexity index is 1980. The van der Waals surface area contributed by atoms with Crippen LogP contribution in [0.2, 0.25) is 0 Å². The highest BCUT2D eigenvalue weighted by molar-refractivity contribution is 7.07. The molecular formula is C37H41N3O5S. The third-order valence-corrected chi connectivity index (χ3v) is 9.42. The fraction of sp³-hybridized carbons (Fsp3) is 0.324. The summed E-state index contributed by atoms with van der Waals surface area (Å²) in [5.41, 5.74) is 7.07. The van der Waals surface area contributed by atoms with Crippen molar-refractivity contribution in [2.24, 2.45) is 4.99 Å². The SMILES string of the molecule is CCN(CC)C(=O)C1=C(C)N=c2s/c(=C/c3ccc(OCc4c(C)cc(C)cc4C)c(OC)c3)c(=O)n2[C@H]1c1ccccc1OC. The number of carbonyl (C=O) groups is 1. The van der Waals surface area contributed by atoms with E-state index >= 15 is 0 Å². The number of ether oxygens (including phenoxy) is 3. The van der Waals surface area contributed by atoms with Gasteiger partial charge in [0.15, 0.2) is 16.3 Å². The molecule has 0 spiro atoms. The molecule has 240 valence electrons. The molecule has 1 aromatic heterocycles. The number of amides is 1. The third kappa shape index (κ3) is 6.24. The lowest BCUT2D eigenvalue weighted by molar-refractivity contribution is -0.127. The lowest BCUT2D eigenvalue weighted by atomic mass is 9.94. The highest BCUT2D eigenvalue weighted by atomic mass is 32.1. The summed E-state index contributed by atoms with van der Waals surface area (Å²) in [5, 5.41) is 0. The monoisotopic (exact) mass is 639 g/mol. The Morgan fingerprint density at radius 3 is 2.26 bits per heavy atom. The summed E-state index contributed by atoms with van der Waals surface area (Å²) in [5.74, 6) is 1.64. The normalized spacial score (nSPS) is 14.5. The van der Waals surface area contributed by atoms with Crippen LogP contribution in [0.4, 0.5) is 0 Å². The van der Waals surface area contributed by atoms with Crippen molar-refractivity contribution in [3.63, 3.8) is 0 Å². The van der Waals surface area contributed by atoms with Gasteiger partial charge in [-0.25, -0.2) is 4.99 Å². The van der Waals surface area contributed by atoms with Crippen LogP contribution in [-0.2, 0) is 11.4 Å². The molecule has 1 atom stereocenters. The van der Waals surface area contributed by atoms with Crippen LogP contribution in [0.3, 0.4) is 0 Å². The third-order valence-electron chi connectivity index (χ3n) is 8.43. The number of allylic oxidation sites excluding steroid dienone is 1. The van der Waals surface area contributed by atoms with Crippen LogP contribution in [-0.4, -0.2) is 42.7 Å². The van der Waals surface area contributed by atoms with E-state index in [1.165, 1.54) is 28.0 Å². The van der Waals surface area contributed by atoms with E-state index in [0.29, 0.717) is 57.5 Å². The van der Waals surface area contributed by atoms with E-state index in [1.807, 2.05) is 69.3 Å². The molecule has 0 unspecified atom stereocenters. The van der Waals surface area contributed by atoms with E-state index in [1.54, 1.807) is 23.7 Å². The summed E-state index contributed by atoms with van der Waals surface area (Å²) >= 11 is 1.29. The Hall–Kier alpha value is -4.63. The molecule has 46 heavy (non-hydrogen) atoms. The smallest absolute Gasteiger partial charge is 0.271 e. The number of hydrogen-bond donors (Lipinski definition) is 0. The van der Waals surface area contributed by atoms with Gasteiger partial charge in [-0.2, -0.15) is 0 Å². The summed E-state index contributed by atoms with van der Waals surface area (Å²) in [6.07, 6.45) is 1.83. The van der Waals surface area contributed by atoms with Crippen LogP contribution < -0.4 is 29.1 Å². The maximum atomic E-state index is 14.2. The van der Waals surface area contributed by atoms with Gasteiger partial charge in [0.1, 0.15) is 18.4 Å². The molecule has 0 N–H and O–H groups in total. The first-order valence-electron chi connectivity index (χ1n) is 15.4. The average molecular weight is 640 g/mol. The van der Waals surface area contributed by atoms with Crippen LogP contribution in [0.15, 0.2) is 75.7 Å². The molecule has 1 amide bonds. The molecule has 5 rings (SSSR count). The summed E-state index contributed by atoms with van der Waals surface area (Å²) in [7, 11) is 3.20. The second-order valence-corrected chi connectivity index (χ2v) is 12.4. The number of likely N-dealkylation sites (N-methyl/N-ethyl adjacent to an activating group) is 1. The van der Waals surface area contributed by atoms with Crippen molar-refractivity contribution in [1.82, 2.24) is 9.47 Å². The van der Waals surface area contributed by atoms with Gasteiger partial charge in [0.2, 0.25) is 0 Å². The number of thiazole rings is 1. The second kappa shape index (κ2) is 13.8. The number of nitrogens with zero attached hydrogens (tertiary/aromatic N) is 3. The predicted molar refractivity (Wildman–Crippen MR) is 183 cm³/mol. The average Bonchev–Trinajstić information content (AvgIpc) is 3.34. The first-order chi connectivity index (χ1) is 22.1. The topological polar surface area (TPSA) is 82.4 Å². The quantitative estimate of drug-likeness (QED) is 0.225. The highest BCUT2D eigenvalue weighted by Crippen LogP contribution is 2.36.